The van der Waals surface area contributed by atoms with E-state index in [4.69, 9.17) is 0 Å². The lowest BCUT2D eigenvalue weighted by Gasteiger charge is -2.53. The van der Waals surface area contributed by atoms with Crippen molar-refractivity contribution in [3.63, 3.8) is 0 Å². The van der Waals surface area contributed by atoms with Crippen LogP contribution in [0.4, 0.5) is 22.7 Å². The first kappa shape index (κ1) is 50.2. The first-order valence-electron chi connectivity index (χ1n) is 25.1. The number of rotatable bonds is 32. The molecule has 336 valence electrons. The van der Waals surface area contributed by atoms with Gasteiger partial charge in [0.25, 0.3) is 0 Å². The largest absolute Gasteiger partial charge is 0.405 e. The summed E-state index contributed by atoms with van der Waals surface area (Å²) in [5.74, 6) is 0. The van der Waals surface area contributed by atoms with Crippen LogP contribution in [-0.2, 0) is 0 Å². The average Bonchev–Trinajstić information content (AvgIpc) is 3.27. The van der Waals surface area contributed by atoms with E-state index in [9.17, 15) is 0 Å². The van der Waals surface area contributed by atoms with E-state index >= 15 is 0 Å². The van der Waals surface area contributed by atoms with Crippen LogP contribution in [0.2, 0.25) is 0 Å². The van der Waals surface area contributed by atoms with Gasteiger partial charge in [0.05, 0.1) is 48.9 Å². The van der Waals surface area contributed by atoms with Crippen molar-refractivity contribution in [3.05, 3.63) is 119 Å². The predicted octanol–water partition coefficient (Wildman–Crippen LogP) is 17.8. The molecule has 0 saturated carbocycles. The van der Waals surface area contributed by atoms with Gasteiger partial charge in [-0.15, -0.1) is 0 Å². The SMILES string of the molecule is CCCCCCCN(c1ccc(C)cc1)[P+](N(CCCCCCC)c1ccc(C)cc1)(N(CCCCCCC)c1ccc(C)cc1)N(CCCCCCC)c1ccc(C)cc1. The van der Waals surface area contributed by atoms with Gasteiger partial charge in [-0.05, 0) is 102 Å². The second-order valence-electron chi connectivity index (χ2n) is 18.0. The summed E-state index contributed by atoms with van der Waals surface area (Å²) < 4.78 is 12.0. The van der Waals surface area contributed by atoms with Gasteiger partial charge in [0.15, 0.2) is 0 Å². The minimum Gasteiger partial charge on any atom is -0.190 e. The van der Waals surface area contributed by atoms with Crippen molar-refractivity contribution in [1.29, 1.82) is 0 Å². The van der Waals surface area contributed by atoms with Crippen LogP contribution in [0.3, 0.4) is 0 Å². The summed E-state index contributed by atoms with van der Waals surface area (Å²) >= 11 is 0. The summed E-state index contributed by atoms with van der Waals surface area (Å²) in [5, 5.41) is 0. The smallest absolute Gasteiger partial charge is 0.190 e. The van der Waals surface area contributed by atoms with Crippen LogP contribution in [-0.4, -0.2) is 26.2 Å². The van der Waals surface area contributed by atoms with Crippen LogP contribution < -0.4 is 18.7 Å². The highest BCUT2D eigenvalue weighted by Crippen LogP contribution is 2.74. The van der Waals surface area contributed by atoms with Crippen molar-refractivity contribution in [2.24, 2.45) is 0 Å². The Morgan fingerprint density at radius 1 is 0.262 bits per heavy atom. The molecule has 0 fully saturated rings. The molecule has 4 rings (SSSR count). The lowest BCUT2D eigenvalue weighted by molar-refractivity contribution is 0.621. The van der Waals surface area contributed by atoms with E-state index in [1.165, 1.54) is 173 Å². The quantitative estimate of drug-likeness (QED) is 0.0358. The molecule has 0 aliphatic heterocycles. The fourth-order valence-corrected chi connectivity index (χ4v) is 13.8. The lowest BCUT2D eigenvalue weighted by Crippen LogP contribution is -2.55. The zero-order valence-electron chi connectivity index (χ0n) is 40.4. The molecule has 0 spiro atoms. The van der Waals surface area contributed by atoms with Gasteiger partial charge in [-0.3, -0.25) is 0 Å². The first-order valence-corrected chi connectivity index (χ1v) is 26.7. The number of unbranched alkanes of at least 4 members (excludes halogenated alkanes) is 16. The lowest BCUT2D eigenvalue weighted by atomic mass is 10.1. The molecule has 0 aliphatic rings. The molecule has 0 unspecified atom stereocenters. The van der Waals surface area contributed by atoms with Crippen molar-refractivity contribution in [2.45, 2.75) is 184 Å². The zero-order chi connectivity index (χ0) is 43.7. The van der Waals surface area contributed by atoms with Gasteiger partial charge in [0, 0.05) is 0 Å². The molecule has 0 aromatic heterocycles. The Kier molecular flexibility index (Phi) is 23.2. The fourth-order valence-electron chi connectivity index (χ4n) is 8.78. The van der Waals surface area contributed by atoms with Crippen molar-refractivity contribution in [2.75, 3.05) is 44.9 Å². The van der Waals surface area contributed by atoms with Gasteiger partial charge in [-0.25, -0.2) is 0 Å². The summed E-state index contributed by atoms with van der Waals surface area (Å²) in [5.41, 5.74) is 10.7. The van der Waals surface area contributed by atoms with E-state index in [0.29, 0.717) is 0 Å². The van der Waals surface area contributed by atoms with Gasteiger partial charge in [-0.2, -0.15) is 18.7 Å². The third kappa shape index (κ3) is 15.4. The number of benzene rings is 4. The number of hydrogen-bond acceptors (Lipinski definition) is 4. The van der Waals surface area contributed by atoms with Gasteiger partial charge in [0.2, 0.25) is 0 Å². The summed E-state index contributed by atoms with van der Waals surface area (Å²) in [7, 11) is -2.77. The summed E-state index contributed by atoms with van der Waals surface area (Å²) in [4.78, 5) is 0. The second-order valence-corrected chi connectivity index (χ2v) is 21.0. The second kappa shape index (κ2) is 28.2. The molecule has 0 saturated heterocycles. The molecule has 4 aromatic rings. The van der Waals surface area contributed by atoms with Gasteiger partial charge < -0.3 is 0 Å². The van der Waals surface area contributed by atoms with Crippen LogP contribution in [0.5, 0.6) is 0 Å². The Morgan fingerprint density at radius 2 is 0.443 bits per heavy atom. The van der Waals surface area contributed by atoms with E-state index < -0.39 is 7.87 Å². The Labute approximate surface area is 377 Å². The van der Waals surface area contributed by atoms with Gasteiger partial charge in [-0.1, -0.05) is 201 Å². The summed E-state index contributed by atoms with van der Waals surface area (Å²) in [6.45, 7) is 22.4. The third-order valence-corrected chi connectivity index (χ3v) is 16.8. The Hall–Kier alpha value is -3.49. The topological polar surface area (TPSA) is 13.0 Å². The third-order valence-electron chi connectivity index (χ3n) is 12.5. The predicted molar refractivity (Wildman–Crippen MR) is 276 cm³/mol. The summed E-state index contributed by atoms with van der Waals surface area (Å²) in [6.07, 6.45) is 25.1. The van der Waals surface area contributed by atoms with Crippen molar-refractivity contribution >= 4 is 30.6 Å². The average molecular weight is 848 g/mol. The minimum absolute atomic E-state index is 1.01. The van der Waals surface area contributed by atoms with Crippen LogP contribution in [0.25, 0.3) is 0 Å². The van der Waals surface area contributed by atoms with Gasteiger partial charge in [0.1, 0.15) is 0 Å². The highest BCUT2D eigenvalue weighted by atomic mass is 31.2. The van der Waals surface area contributed by atoms with Crippen LogP contribution in [0, 0.1) is 27.7 Å². The van der Waals surface area contributed by atoms with Crippen LogP contribution in [0.1, 0.15) is 178 Å². The van der Waals surface area contributed by atoms with Crippen LogP contribution in [0.15, 0.2) is 97.1 Å². The minimum atomic E-state index is -2.77. The Balaban J connectivity index is 2.20. The molecule has 61 heavy (non-hydrogen) atoms. The molecule has 4 nitrogen and oxygen atoms in total. The highest BCUT2D eigenvalue weighted by molar-refractivity contribution is 7.81. The molecule has 0 amide bonds. The molecule has 0 aliphatic carbocycles. The molecule has 5 heteroatoms. The molecule has 0 atom stereocenters. The Morgan fingerprint density at radius 3 is 0.623 bits per heavy atom. The molecule has 0 heterocycles. The molecular weight excluding hydrogens is 760 g/mol. The highest BCUT2D eigenvalue weighted by Gasteiger charge is 2.63. The molecule has 0 bridgehead atoms. The number of nitrogens with zero attached hydrogens (tertiary/aromatic N) is 4. The fraction of sp³-hybridized carbons (Fsp3) is 0.571. The number of hydrogen-bond donors (Lipinski definition) is 0. The molecule has 0 radical (unpaired) electrons. The number of aryl methyl sites for hydroxylation is 4. The van der Waals surface area contributed by atoms with E-state index in [1.807, 2.05) is 0 Å². The normalized spacial score (nSPS) is 11.5. The monoisotopic (exact) mass is 848 g/mol. The molecule has 0 N–H and O–H groups in total. The van der Waals surface area contributed by atoms with Crippen molar-refractivity contribution in [1.82, 2.24) is 0 Å². The van der Waals surface area contributed by atoms with Crippen molar-refractivity contribution in [3.8, 4) is 0 Å². The number of anilines is 4. The van der Waals surface area contributed by atoms with Gasteiger partial charge >= 0.3 is 7.87 Å². The maximum atomic E-state index is 3.00. The van der Waals surface area contributed by atoms with E-state index in [-0.39, 0.29) is 0 Å². The maximum Gasteiger partial charge on any atom is 0.405 e. The first-order chi connectivity index (χ1) is 29.8. The van der Waals surface area contributed by atoms with Crippen LogP contribution >= 0.6 is 7.87 Å². The standard InChI is InChI=1S/C56H88N4P/c1-9-13-17-21-25-45-57(53-37-29-49(5)30-38-53)61(58(46-26-22-18-14-10-2)54-39-31-50(6)32-40-54,59(47-27-23-19-15-11-3)55-41-33-51(7)34-42-55)60(48-28-24-20-16-12-4)56-43-35-52(8)36-44-56/h29-44H,9-28,45-48H2,1-8H3/q+1. The maximum absolute atomic E-state index is 3.00. The Bertz CT molecular complexity index is 1440. The van der Waals surface area contributed by atoms with Crippen molar-refractivity contribution < 1.29 is 0 Å². The van der Waals surface area contributed by atoms with E-state index in [0.717, 1.165) is 26.2 Å². The van der Waals surface area contributed by atoms with E-state index in [2.05, 4.69) is 171 Å². The molecule has 4 aromatic carbocycles. The zero-order valence-corrected chi connectivity index (χ0v) is 41.3. The summed E-state index contributed by atoms with van der Waals surface area (Å²) in [6, 6.07) is 38.7. The van der Waals surface area contributed by atoms with E-state index in [1.54, 1.807) is 0 Å². The molecular formula is C56H88N4P+.